The van der Waals surface area contributed by atoms with E-state index in [1.54, 1.807) is 0 Å². The molecule has 0 saturated carbocycles. The maximum atomic E-state index is 4.78. The van der Waals surface area contributed by atoms with Crippen LogP contribution in [-0.2, 0) is 0 Å². The second-order valence-corrected chi connectivity index (χ2v) is 6.43. The number of nitrogens with zero attached hydrogens (tertiary/aromatic N) is 4. The molecule has 0 radical (unpaired) electrons. The number of pyridine rings is 1. The molecule has 0 aliphatic carbocycles. The number of aryl methyl sites for hydroxylation is 1. The van der Waals surface area contributed by atoms with E-state index in [0.717, 1.165) is 28.9 Å². The maximum absolute atomic E-state index is 4.78. The highest BCUT2D eigenvalue weighted by Crippen LogP contribution is 2.29. The highest BCUT2D eigenvalue weighted by atomic mass is 79.9. The molecule has 106 valence electrons. The molecule has 2 aromatic heterocycles. The molecule has 1 aliphatic rings. The van der Waals surface area contributed by atoms with Crippen LogP contribution in [0, 0.1) is 6.92 Å². The predicted octanol–water partition coefficient (Wildman–Crippen LogP) is 3.56. The summed E-state index contributed by atoms with van der Waals surface area (Å²) in [5.74, 6) is 1.06. The Morgan fingerprint density at radius 3 is 2.81 bits per heavy atom. The summed E-state index contributed by atoms with van der Waals surface area (Å²) < 4.78 is 3.05. The van der Waals surface area contributed by atoms with Crippen molar-refractivity contribution in [1.82, 2.24) is 14.8 Å². The monoisotopic (exact) mass is 342 g/mol. The van der Waals surface area contributed by atoms with Crippen LogP contribution in [0.15, 0.2) is 47.2 Å². The first-order valence-electron chi connectivity index (χ1n) is 7.02. The first kappa shape index (κ1) is 12.8. The molecule has 1 aromatic carbocycles. The summed E-state index contributed by atoms with van der Waals surface area (Å²) in [4.78, 5) is 7.08. The Bertz CT molecular complexity index is 805. The van der Waals surface area contributed by atoms with E-state index in [1.165, 1.54) is 10.9 Å². The molecule has 3 aromatic rings. The zero-order valence-electron chi connectivity index (χ0n) is 11.7. The van der Waals surface area contributed by atoms with Gasteiger partial charge in [0.05, 0.1) is 22.2 Å². The van der Waals surface area contributed by atoms with Gasteiger partial charge in [-0.05, 0) is 40.5 Å². The van der Waals surface area contributed by atoms with Gasteiger partial charge < -0.3 is 4.90 Å². The number of rotatable bonds is 2. The van der Waals surface area contributed by atoms with E-state index < -0.39 is 0 Å². The van der Waals surface area contributed by atoms with Crippen molar-refractivity contribution in [2.75, 3.05) is 18.0 Å². The number of benzene rings is 1. The minimum atomic E-state index is 0.435. The number of para-hydroxylation sites is 1. The van der Waals surface area contributed by atoms with Gasteiger partial charge in [-0.3, -0.25) is 4.68 Å². The summed E-state index contributed by atoms with van der Waals surface area (Å²) in [5.41, 5.74) is 2.35. The summed E-state index contributed by atoms with van der Waals surface area (Å²) in [6.07, 6.45) is 3.86. The Balaban J connectivity index is 1.58. The maximum Gasteiger partial charge on any atom is 0.129 e. The highest BCUT2D eigenvalue weighted by Gasteiger charge is 2.30. The van der Waals surface area contributed by atoms with Crippen LogP contribution in [0.3, 0.4) is 0 Å². The van der Waals surface area contributed by atoms with Crippen LogP contribution < -0.4 is 4.90 Å². The Morgan fingerprint density at radius 2 is 2.05 bits per heavy atom. The van der Waals surface area contributed by atoms with Gasteiger partial charge in [-0.15, -0.1) is 0 Å². The molecule has 3 heterocycles. The lowest BCUT2D eigenvalue weighted by Gasteiger charge is -2.40. The molecule has 1 fully saturated rings. The van der Waals surface area contributed by atoms with E-state index in [2.05, 4.69) is 57.1 Å². The van der Waals surface area contributed by atoms with Crippen molar-refractivity contribution in [2.24, 2.45) is 0 Å². The van der Waals surface area contributed by atoms with Gasteiger partial charge in [0.15, 0.2) is 0 Å². The van der Waals surface area contributed by atoms with E-state index in [0.29, 0.717) is 6.04 Å². The van der Waals surface area contributed by atoms with Crippen molar-refractivity contribution in [3.8, 4) is 0 Å². The van der Waals surface area contributed by atoms with Gasteiger partial charge in [0, 0.05) is 24.7 Å². The molecule has 4 nitrogen and oxygen atoms in total. The van der Waals surface area contributed by atoms with Crippen LogP contribution in [0.25, 0.3) is 10.9 Å². The van der Waals surface area contributed by atoms with Gasteiger partial charge in [0.1, 0.15) is 5.82 Å². The largest absolute Gasteiger partial charge is 0.352 e. The minimum Gasteiger partial charge on any atom is -0.352 e. The molecule has 5 heteroatoms. The van der Waals surface area contributed by atoms with Crippen molar-refractivity contribution < 1.29 is 0 Å². The van der Waals surface area contributed by atoms with E-state index in [-0.39, 0.29) is 0 Å². The molecule has 1 saturated heterocycles. The Hall–Kier alpha value is -1.88. The van der Waals surface area contributed by atoms with Gasteiger partial charge in [-0.1, -0.05) is 18.2 Å². The van der Waals surface area contributed by atoms with Crippen LogP contribution in [-0.4, -0.2) is 27.9 Å². The molecule has 21 heavy (non-hydrogen) atoms. The van der Waals surface area contributed by atoms with Crippen molar-refractivity contribution in [3.05, 3.63) is 52.8 Å². The summed E-state index contributed by atoms with van der Waals surface area (Å²) >= 11 is 3.44. The fourth-order valence-corrected chi connectivity index (χ4v) is 3.12. The average molecular weight is 343 g/mol. The van der Waals surface area contributed by atoms with Crippen LogP contribution in [0.2, 0.25) is 0 Å². The highest BCUT2D eigenvalue weighted by molar-refractivity contribution is 9.10. The van der Waals surface area contributed by atoms with Gasteiger partial charge in [0.25, 0.3) is 0 Å². The van der Waals surface area contributed by atoms with Crippen LogP contribution in [0.5, 0.6) is 0 Å². The van der Waals surface area contributed by atoms with Crippen molar-refractivity contribution >= 4 is 32.7 Å². The molecule has 0 N–H and O–H groups in total. The van der Waals surface area contributed by atoms with E-state index >= 15 is 0 Å². The van der Waals surface area contributed by atoms with Gasteiger partial charge in [0.2, 0.25) is 0 Å². The number of hydrogen-bond donors (Lipinski definition) is 0. The number of anilines is 1. The number of hydrogen-bond acceptors (Lipinski definition) is 3. The van der Waals surface area contributed by atoms with Crippen molar-refractivity contribution in [2.45, 2.75) is 13.0 Å². The predicted molar refractivity (Wildman–Crippen MR) is 87.7 cm³/mol. The molecule has 0 bridgehead atoms. The molecular weight excluding hydrogens is 328 g/mol. The minimum absolute atomic E-state index is 0.435. The zero-order valence-corrected chi connectivity index (χ0v) is 13.3. The molecule has 0 atom stereocenters. The number of aromatic nitrogens is 3. The second kappa shape index (κ2) is 4.84. The summed E-state index contributed by atoms with van der Waals surface area (Å²) in [7, 11) is 0. The lowest BCUT2D eigenvalue weighted by atomic mass is 10.1. The SMILES string of the molecule is Cc1cc(N2CC(n3cc(Br)cn3)C2)nc2ccccc12. The first-order valence-corrected chi connectivity index (χ1v) is 7.81. The zero-order chi connectivity index (χ0) is 14.4. The van der Waals surface area contributed by atoms with Crippen molar-refractivity contribution in [3.63, 3.8) is 0 Å². The molecule has 0 spiro atoms. The third-order valence-corrected chi connectivity index (χ3v) is 4.45. The fourth-order valence-electron chi connectivity index (χ4n) is 2.82. The quantitative estimate of drug-likeness (QED) is 0.713. The summed E-state index contributed by atoms with van der Waals surface area (Å²) in [6.45, 7) is 4.06. The van der Waals surface area contributed by atoms with Gasteiger partial charge >= 0.3 is 0 Å². The van der Waals surface area contributed by atoms with Crippen molar-refractivity contribution in [1.29, 1.82) is 0 Å². The Morgan fingerprint density at radius 1 is 1.24 bits per heavy atom. The third kappa shape index (κ3) is 2.21. The standard InChI is InChI=1S/C16H15BrN4/c1-11-6-16(19-15-5-3-2-4-14(11)15)20-9-13(10-20)21-8-12(17)7-18-21/h2-8,13H,9-10H2,1H3. The van der Waals surface area contributed by atoms with E-state index in [9.17, 15) is 0 Å². The fraction of sp³-hybridized carbons (Fsp3) is 0.250. The number of fused-ring (bicyclic) bond motifs is 1. The Kier molecular flexibility index (Phi) is 2.96. The molecule has 4 rings (SSSR count). The molecule has 0 amide bonds. The van der Waals surface area contributed by atoms with Crippen LogP contribution in [0.1, 0.15) is 11.6 Å². The topological polar surface area (TPSA) is 34.0 Å². The molecule has 0 unspecified atom stereocenters. The molecule has 1 aliphatic heterocycles. The number of halogens is 1. The van der Waals surface area contributed by atoms with Gasteiger partial charge in [-0.2, -0.15) is 5.10 Å². The molecular formula is C16H15BrN4. The van der Waals surface area contributed by atoms with Crippen LogP contribution >= 0.6 is 15.9 Å². The second-order valence-electron chi connectivity index (χ2n) is 5.51. The van der Waals surface area contributed by atoms with E-state index in [1.807, 2.05) is 23.1 Å². The average Bonchev–Trinajstić information content (AvgIpc) is 2.84. The third-order valence-electron chi connectivity index (χ3n) is 4.04. The normalized spacial score (nSPS) is 15.4. The lowest BCUT2D eigenvalue weighted by molar-refractivity contribution is 0.366. The Labute approximate surface area is 131 Å². The smallest absolute Gasteiger partial charge is 0.129 e. The van der Waals surface area contributed by atoms with Gasteiger partial charge in [-0.25, -0.2) is 4.98 Å². The first-order chi connectivity index (χ1) is 10.2. The summed E-state index contributed by atoms with van der Waals surface area (Å²) in [5, 5.41) is 5.59. The van der Waals surface area contributed by atoms with E-state index in [4.69, 9.17) is 4.98 Å². The lowest BCUT2D eigenvalue weighted by Crippen LogP contribution is -2.48. The van der Waals surface area contributed by atoms with Crippen LogP contribution in [0.4, 0.5) is 5.82 Å². The summed E-state index contributed by atoms with van der Waals surface area (Å²) in [6, 6.07) is 10.9.